The molecular weight excluding hydrogens is 306 g/mol. The Bertz CT molecular complexity index is 421. The summed E-state index contributed by atoms with van der Waals surface area (Å²) in [7, 11) is 0. The fourth-order valence-corrected chi connectivity index (χ4v) is 2.37. The fourth-order valence-electron chi connectivity index (χ4n) is 1.27. The second kappa shape index (κ2) is 5.08. The molecule has 0 aliphatic carbocycles. The lowest BCUT2D eigenvalue weighted by Crippen LogP contribution is -2.43. The fraction of sp³-hybridized carbons (Fsp3) is 0.444. The summed E-state index contributed by atoms with van der Waals surface area (Å²) in [5.41, 5.74) is 0. The molecule has 0 aliphatic heterocycles. The Morgan fingerprint density at radius 1 is 1.17 bits per heavy atom. The molecule has 0 aliphatic rings. The first-order valence-electron chi connectivity index (χ1n) is 4.42. The van der Waals surface area contributed by atoms with Crippen molar-refractivity contribution < 1.29 is 31.1 Å². The van der Waals surface area contributed by atoms with Crippen LogP contribution in [0.25, 0.3) is 0 Å². The summed E-state index contributed by atoms with van der Waals surface area (Å²) in [6, 6.07) is 2.51. The van der Waals surface area contributed by atoms with Gasteiger partial charge < -0.3 is 0 Å². The van der Waals surface area contributed by atoms with Crippen LogP contribution in [0.1, 0.15) is 4.88 Å². The van der Waals surface area contributed by atoms with Crippen LogP contribution < -0.4 is 0 Å². The second-order valence-electron chi connectivity index (χ2n) is 3.37. The van der Waals surface area contributed by atoms with Gasteiger partial charge in [0.25, 0.3) is 0 Å². The van der Waals surface area contributed by atoms with Crippen LogP contribution in [0.2, 0.25) is 4.34 Å². The van der Waals surface area contributed by atoms with Crippen LogP contribution in [0.15, 0.2) is 12.1 Å². The van der Waals surface area contributed by atoms with Crippen molar-refractivity contribution in [2.45, 2.75) is 18.8 Å². The lowest BCUT2D eigenvalue weighted by Gasteiger charge is -2.21. The molecule has 0 saturated carbocycles. The van der Waals surface area contributed by atoms with E-state index in [9.17, 15) is 31.1 Å². The molecular formula is C9H5ClF6OS. The number of rotatable bonds is 3. The van der Waals surface area contributed by atoms with Gasteiger partial charge in [-0.05, 0) is 12.1 Å². The van der Waals surface area contributed by atoms with Gasteiger partial charge in [0.1, 0.15) is 0 Å². The first-order valence-corrected chi connectivity index (χ1v) is 5.61. The van der Waals surface area contributed by atoms with Gasteiger partial charge in [-0.25, -0.2) is 0 Å². The highest BCUT2D eigenvalue weighted by Gasteiger charge is 2.60. The van der Waals surface area contributed by atoms with Crippen LogP contribution in [0.3, 0.4) is 0 Å². The van der Waals surface area contributed by atoms with Crippen molar-refractivity contribution in [2.75, 3.05) is 0 Å². The number of Topliss-reactive ketones (excluding diaryl/α,β-unsaturated/α-hetero) is 1. The topological polar surface area (TPSA) is 17.1 Å². The highest BCUT2D eigenvalue weighted by molar-refractivity contribution is 7.16. The molecule has 102 valence electrons. The normalized spacial score (nSPS) is 13.1. The van der Waals surface area contributed by atoms with Crippen molar-refractivity contribution in [2.24, 2.45) is 5.92 Å². The zero-order chi connectivity index (χ0) is 14.1. The standard InChI is InChI=1S/C9H5ClF6OS/c10-6-2-1-4(18-6)3-5(17)7(8(11,12)13)9(14,15)16/h1-2,7H,3H2. The van der Waals surface area contributed by atoms with Gasteiger partial charge in [-0.1, -0.05) is 11.6 Å². The van der Waals surface area contributed by atoms with E-state index < -0.39 is 30.5 Å². The van der Waals surface area contributed by atoms with Gasteiger partial charge in [0, 0.05) is 11.3 Å². The SMILES string of the molecule is O=C(Cc1ccc(Cl)s1)C(C(F)(F)F)C(F)(F)F. The molecule has 1 rings (SSSR count). The Morgan fingerprint density at radius 2 is 1.67 bits per heavy atom. The maximum Gasteiger partial charge on any atom is 0.407 e. The summed E-state index contributed by atoms with van der Waals surface area (Å²) in [5, 5.41) is 0. The molecule has 0 bridgehead atoms. The zero-order valence-corrected chi connectivity index (χ0v) is 9.97. The Morgan fingerprint density at radius 3 is 2.00 bits per heavy atom. The molecule has 1 aromatic rings. The maximum atomic E-state index is 12.2. The minimum atomic E-state index is -5.64. The number of alkyl halides is 6. The van der Waals surface area contributed by atoms with Gasteiger partial charge in [-0.2, -0.15) is 26.3 Å². The van der Waals surface area contributed by atoms with Gasteiger partial charge in [0.2, 0.25) is 5.92 Å². The molecule has 1 aromatic heterocycles. The molecule has 0 radical (unpaired) electrons. The summed E-state index contributed by atoms with van der Waals surface area (Å²) in [5.74, 6) is -5.89. The first kappa shape index (κ1) is 15.3. The largest absolute Gasteiger partial charge is 0.407 e. The third-order valence-corrected chi connectivity index (χ3v) is 3.19. The molecule has 1 nitrogen and oxygen atoms in total. The Hall–Kier alpha value is -0.760. The van der Waals surface area contributed by atoms with Crippen molar-refractivity contribution in [1.29, 1.82) is 0 Å². The van der Waals surface area contributed by atoms with E-state index in [1.54, 1.807) is 0 Å². The zero-order valence-electron chi connectivity index (χ0n) is 8.40. The monoisotopic (exact) mass is 310 g/mol. The van der Waals surface area contributed by atoms with E-state index in [4.69, 9.17) is 11.6 Å². The maximum absolute atomic E-state index is 12.2. The third-order valence-electron chi connectivity index (χ3n) is 1.95. The van der Waals surface area contributed by atoms with Crippen LogP contribution >= 0.6 is 22.9 Å². The molecule has 0 amide bonds. The molecule has 9 heteroatoms. The number of hydrogen-bond acceptors (Lipinski definition) is 2. The van der Waals surface area contributed by atoms with E-state index in [1.165, 1.54) is 12.1 Å². The number of hydrogen-bond donors (Lipinski definition) is 0. The molecule has 0 N–H and O–H groups in total. The van der Waals surface area contributed by atoms with E-state index in [1.807, 2.05) is 0 Å². The van der Waals surface area contributed by atoms with E-state index in [0.29, 0.717) is 0 Å². The van der Waals surface area contributed by atoms with Gasteiger partial charge in [-0.15, -0.1) is 11.3 Å². The van der Waals surface area contributed by atoms with Gasteiger partial charge in [0.15, 0.2) is 5.78 Å². The van der Waals surface area contributed by atoms with Crippen LogP contribution in [0.4, 0.5) is 26.3 Å². The van der Waals surface area contributed by atoms with Gasteiger partial charge in [0.05, 0.1) is 4.34 Å². The Balaban J connectivity index is 2.91. The van der Waals surface area contributed by atoms with Crippen LogP contribution in [-0.4, -0.2) is 18.1 Å². The third kappa shape index (κ3) is 3.88. The van der Waals surface area contributed by atoms with Gasteiger partial charge >= 0.3 is 12.4 Å². The van der Waals surface area contributed by atoms with Crippen molar-refractivity contribution in [3.8, 4) is 0 Å². The average Bonchev–Trinajstić information content (AvgIpc) is 2.44. The summed E-state index contributed by atoms with van der Waals surface area (Å²) in [4.78, 5) is 11.2. The van der Waals surface area contributed by atoms with Crippen molar-refractivity contribution in [3.63, 3.8) is 0 Å². The minimum Gasteiger partial charge on any atom is -0.298 e. The molecule has 0 saturated heterocycles. The summed E-state index contributed by atoms with van der Waals surface area (Å²) in [6.45, 7) is 0. The van der Waals surface area contributed by atoms with Gasteiger partial charge in [-0.3, -0.25) is 4.79 Å². The number of carbonyl (C=O) groups is 1. The minimum absolute atomic E-state index is 0.0588. The lowest BCUT2D eigenvalue weighted by atomic mass is 10.00. The predicted molar refractivity (Wildman–Crippen MR) is 53.6 cm³/mol. The van der Waals surface area contributed by atoms with Crippen molar-refractivity contribution in [1.82, 2.24) is 0 Å². The number of thiophene rings is 1. The molecule has 0 aromatic carbocycles. The molecule has 0 fully saturated rings. The molecule has 18 heavy (non-hydrogen) atoms. The van der Waals surface area contributed by atoms with E-state index >= 15 is 0 Å². The Kier molecular flexibility index (Phi) is 4.32. The van der Waals surface area contributed by atoms with E-state index in [2.05, 4.69) is 0 Å². The molecule has 0 spiro atoms. The van der Waals surface area contributed by atoms with Crippen molar-refractivity contribution in [3.05, 3.63) is 21.3 Å². The second-order valence-corrected chi connectivity index (χ2v) is 5.16. The highest BCUT2D eigenvalue weighted by atomic mass is 35.5. The molecule has 0 atom stereocenters. The number of halogens is 7. The summed E-state index contributed by atoms with van der Waals surface area (Å²) >= 11 is 6.23. The highest BCUT2D eigenvalue weighted by Crippen LogP contribution is 2.40. The van der Waals surface area contributed by atoms with E-state index in [0.717, 1.165) is 11.3 Å². The average molecular weight is 311 g/mol. The number of ketones is 1. The smallest absolute Gasteiger partial charge is 0.298 e. The quantitative estimate of drug-likeness (QED) is 0.763. The van der Waals surface area contributed by atoms with Crippen molar-refractivity contribution >= 4 is 28.7 Å². The molecule has 1 heterocycles. The number of carbonyl (C=O) groups excluding carboxylic acids is 1. The van der Waals surface area contributed by atoms with E-state index in [-0.39, 0.29) is 9.21 Å². The first-order chi connectivity index (χ1) is 8.01. The lowest BCUT2D eigenvalue weighted by molar-refractivity contribution is -0.273. The summed E-state index contributed by atoms with van der Waals surface area (Å²) < 4.78 is 73.5. The Labute approximate surface area is 106 Å². The predicted octanol–water partition coefficient (Wildman–Crippen LogP) is 4.25. The van der Waals surface area contributed by atoms with Crippen LogP contribution in [0, 0.1) is 5.92 Å². The molecule has 0 unspecified atom stereocenters. The van der Waals surface area contributed by atoms with Crippen LogP contribution in [0.5, 0.6) is 0 Å². The summed E-state index contributed by atoms with van der Waals surface area (Å²) in [6.07, 6.45) is -12.2. The van der Waals surface area contributed by atoms with Crippen LogP contribution in [-0.2, 0) is 11.2 Å².